The number of carbonyl (C=O) groups is 2. The first-order chi connectivity index (χ1) is 13.1. The topological polar surface area (TPSA) is 62.6 Å². The minimum absolute atomic E-state index is 0.0535. The van der Waals surface area contributed by atoms with Crippen LogP contribution in [-0.2, 0) is 13.0 Å². The second kappa shape index (κ2) is 7.29. The summed E-state index contributed by atoms with van der Waals surface area (Å²) in [7, 11) is 0. The molecule has 0 atom stereocenters. The Morgan fingerprint density at radius 3 is 2.67 bits per heavy atom. The first-order valence-electron chi connectivity index (χ1n) is 8.63. The van der Waals surface area contributed by atoms with Crippen molar-refractivity contribution in [3.63, 3.8) is 0 Å². The second-order valence-corrected chi connectivity index (χ2v) is 6.77. The Kier molecular flexibility index (Phi) is 4.69. The minimum Gasteiger partial charge on any atom is -0.459 e. The fraction of sp³-hybridized carbons (Fsp3) is 0.143. The maximum absolute atomic E-state index is 12.9. The molecule has 4 rings (SSSR count). The van der Waals surface area contributed by atoms with E-state index in [4.69, 9.17) is 16.0 Å². The number of carbonyl (C=O) groups excluding carboxylic acids is 2. The molecule has 27 heavy (non-hydrogen) atoms. The molecule has 0 unspecified atom stereocenters. The molecular weight excluding hydrogens is 364 g/mol. The van der Waals surface area contributed by atoms with Crippen LogP contribution in [0.4, 0.5) is 5.69 Å². The number of halogens is 1. The van der Waals surface area contributed by atoms with Crippen molar-refractivity contribution in [1.82, 2.24) is 5.32 Å². The number of fused-ring (bicyclic) bond motifs is 1. The Hall–Kier alpha value is -3.05. The third-order valence-corrected chi connectivity index (χ3v) is 4.83. The van der Waals surface area contributed by atoms with Crippen molar-refractivity contribution < 1.29 is 14.0 Å². The number of furan rings is 1. The molecule has 1 N–H and O–H groups in total. The molecule has 0 spiro atoms. The summed E-state index contributed by atoms with van der Waals surface area (Å²) in [6.45, 7) is 0.995. The SMILES string of the molecule is O=C(NCc1ccc2c(c1)N(C(=O)c1ccc(Cl)cc1)CC2)c1ccco1. The van der Waals surface area contributed by atoms with Crippen LogP contribution in [0.1, 0.15) is 32.0 Å². The maximum atomic E-state index is 12.9. The second-order valence-electron chi connectivity index (χ2n) is 6.34. The van der Waals surface area contributed by atoms with E-state index in [1.165, 1.54) is 6.26 Å². The lowest BCUT2D eigenvalue weighted by Gasteiger charge is -2.18. The predicted octanol–water partition coefficient (Wildman–Crippen LogP) is 4.07. The molecule has 0 saturated heterocycles. The molecule has 2 amide bonds. The van der Waals surface area contributed by atoms with Gasteiger partial charge in [-0.1, -0.05) is 23.7 Å². The molecule has 1 aromatic heterocycles. The summed E-state index contributed by atoms with van der Waals surface area (Å²) in [4.78, 5) is 26.6. The van der Waals surface area contributed by atoms with Crippen LogP contribution in [0.15, 0.2) is 65.3 Å². The minimum atomic E-state index is -0.269. The van der Waals surface area contributed by atoms with Crippen molar-refractivity contribution in [2.24, 2.45) is 0 Å². The largest absolute Gasteiger partial charge is 0.459 e. The van der Waals surface area contributed by atoms with E-state index in [-0.39, 0.29) is 17.6 Å². The number of hydrogen-bond acceptors (Lipinski definition) is 3. The standard InChI is InChI=1S/C21H17ClN2O3/c22-17-7-5-16(6-8-17)21(26)24-10-9-15-4-3-14(12-18(15)24)13-23-20(25)19-2-1-11-27-19/h1-8,11-12H,9-10,13H2,(H,23,25). The Morgan fingerprint density at radius 1 is 1.11 bits per heavy atom. The molecule has 0 aliphatic carbocycles. The Morgan fingerprint density at radius 2 is 1.93 bits per heavy atom. The quantitative estimate of drug-likeness (QED) is 0.742. The molecule has 2 heterocycles. The van der Waals surface area contributed by atoms with Crippen LogP contribution in [0, 0.1) is 0 Å². The molecule has 2 aromatic carbocycles. The van der Waals surface area contributed by atoms with E-state index in [2.05, 4.69) is 5.32 Å². The van der Waals surface area contributed by atoms with E-state index in [9.17, 15) is 9.59 Å². The van der Waals surface area contributed by atoms with Crippen molar-refractivity contribution in [3.05, 3.63) is 88.3 Å². The molecule has 1 aliphatic rings. The van der Waals surface area contributed by atoms with Gasteiger partial charge >= 0.3 is 0 Å². The summed E-state index contributed by atoms with van der Waals surface area (Å²) in [5.74, 6) is -0.0486. The van der Waals surface area contributed by atoms with E-state index in [0.717, 1.165) is 23.2 Å². The molecule has 0 fully saturated rings. The summed E-state index contributed by atoms with van der Waals surface area (Å²) in [5.41, 5.74) is 3.53. The summed E-state index contributed by atoms with van der Waals surface area (Å²) in [6.07, 6.45) is 2.28. The van der Waals surface area contributed by atoms with Crippen LogP contribution in [0.25, 0.3) is 0 Å². The lowest BCUT2D eigenvalue weighted by molar-refractivity contribution is 0.0922. The lowest BCUT2D eigenvalue weighted by Crippen LogP contribution is -2.29. The Balaban J connectivity index is 1.50. The molecule has 136 valence electrons. The summed E-state index contributed by atoms with van der Waals surface area (Å²) < 4.78 is 5.09. The number of anilines is 1. The number of rotatable bonds is 4. The number of nitrogens with one attached hydrogen (secondary N) is 1. The van der Waals surface area contributed by atoms with Gasteiger partial charge < -0.3 is 14.6 Å². The first-order valence-corrected chi connectivity index (χ1v) is 9.00. The third-order valence-electron chi connectivity index (χ3n) is 4.58. The molecule has 1 aliphatic heterocycles. The van der Waals surface area contributed by atoms with Crippen molar-refractivity contribution in [3.8, 4) is 0 Å². The van der Waals surface area contributed by atoms with Gasteiger partial charge in [-0.25, -0.2) is 0 Å². The van der Waals surface area contributed by atoms with Crippen LogP contribution in [-0.4, -0.2) is 18.4 Å². The van der Waals surface area contributed by atoms with E-state index >= 15 is 0 Å². The molecule has 5 nitrogen and oxygen atoms in total. The van der Waals surface area contributed by atoms with E-state index in [0.29, 0.717) is 23.7 Å². The zero-order chi connectivity index (χ0) is 18.8. The van der Waals surface area contributed by atoms with Gasteiger partial charge in [-0.15, -0.1) is 0 Å². The Labute approximate surface area is 161 Å². The van der Waals surface area contributed by atoms with Gasteiger partial charge in [0.15, 0.2) is 5.76 Å². The van der Waals surface area contributed by atoms with Crippen LogP contribution in [0.3, 0.4) is 0 Å². The van der Waals surface area contributed by atoms with Gasteiger partial charge in [-0.3, -0.25) is 9.59 Å². The zero-order valence-electron chi connectivity index (χ0n) is 14.4. The summed E-state index contributed by atoms with van der Waals surface area (Å²) >= 11 is 5.91. The average Bonchev–Trinajstić information content (AvgIpc) is 3.36. The van der Waals surface area contributed by atoms with Crippen LogP contribution in [0.2, 0.25) is 5.02 Å². The number of nitrogens with zero attached hydrogens (tertiary/aromatic N) is 1. The maximum Gasteiger partial charge on any atom is 0.287 e. The fourth-order valence-corrected chi connectivity index (χ4v) is 3.30. The van der Waals surface area contributed by atoms with Crippen LogP contribution in [0.5, 0.6) is 0 Å². The zero-order valence-corrected chi connectivity index (χ0v) is 15.2. The number of benzene rings is 2. The van der Waals surface area contributed by atoms with E-state index in [1.54, 1.807) is 41.3 Å². The van der Waals surface area contributed by atoms with Gasteiger partial charge in [-0.2, -0.15) is 0 Å². The highest BCUT2D eigenvalue weighted by atomic mass is 35.5. The van der Waals surface area contributed by atoms with Crippen molar-refractivity contribution in [2.45, 2.75) is 13.0 Å². The molecular formula is C21H17ClN2O3. The van der Waals surface area contributed by atoms with Gasteiger partial charge in [0.05, 0.1) is 6.26 Å². The van der Waals surface area contributed by atoms with Gasteiger partial charge in [0.25, 0.3) is 11.8 Å². The summed E-state index contributed by atoms with van der Waals surface area (Å²) in [5, 5.41) is 3.42. The summed E-state index contributed by atoms with van der Waals surface area (Å²) in [6, 6.07) is 16.1. The van der Waals surface area contributed by atoms with E-state index in [1.807, 2.05) is 18.2 Å². The lowest BCUT2D eigenvalue weighted by atomic mass is 10.1. The van der Waals surface area contributed by atoms with Crippen LogP contribution < -0.4 is 10.2 Å². The predicted molar refractivity (Wildman–Crippen MR) is 103 cm³/mol. The van der Waals surface area contributed by atoms with Gasteiger partial charge in [-0.05, 0) is 60.0 Å². The number of amides is 2. The molecule has 0 saturated carbocycles. The van der Waals surface area contributed by atoms with E-state index < -0.39 is 0 Å². The average molecular weight is 381 g/mol. The van der Waals surface area contributed by atoms with Gasteiger partial charge in [0, 0.05) is 29.4 Å². The smallest absolute Gasteiger partial charge is 0.287 e. The highest BCUT2D eigenvalue weighted by molar-refractivity contribution is 6.30. The van der Waals surface area contributed by atoms with Gasteiger partial charge in [0.2, 0.25) is 0 Å². The number of hydrogen-bond donors (Lipinski definition) is 1. The van der Waals surface area contributed by atoms with Crippen molar-refractivity contribution in [2.75, 3.05) is 11.4 Å². The highest BCUT2D eigenvalue weighted by Gasteiger charge is 2.25. The van der Waals surface area contributed by atoms with Crippen LogP contribution >= 0.6 is 11.6 Å². The Bertz CT molecular complexity index is 981. The van der Waals surface area contributed by atoms with Gasteiger partial charge in [0.1, 0.15) is 0 Å². The molecule has 6 heteroatoms. The monoisotopic (exact) mass is 380 g/mol. The van der Waals surface area contributed by atoms with Crippen molar-refractivity contribution in [1.29, 1.82) is 0 Å². The fourth-order valence-electron chi connectivity index (χ4n) is 3.17. The molecule has 0 bridgehead atoms. The third kappa shape index (κ3) is 3.59. The normalized spacial score (nSPS) is 12.7. The highest BCUT2D eigenvalue weighted by Crippen LogP contribution is 2.30. The van der Waals surface area contributed by atoms with Crippen molar-refractivity contribution >= 4 is 29.1 Å². The molecule has 3 aromatic rings. The first kappa shape index (κ1) is 17.4. The molecule has 0 radical (unpaired) electrons.